The maximum atomic E-state index is 11.7. The molecule has 0 radical (unpaired) electrons. The molecule has 2 aromatic rings. The third kappa shape index (κ3) is 3.43. The summed E-state index contributed by atoms with van der Waals surface area (Å²) in [4.78, 5) is 12.7. The quantitative estimate of drug-likeness (QED) is 0.580. The Hall–Kier alpha value is -2.01. The van der Waals surface area contributed by atoms with Gasteiger partial charge in [0.25, 0.3) is 0 Å². The number of hydrogen-bond acceptors (Lipinski definition) is 5. The molecule has 0 unspecified atom stereocenters. The topological polar surface area (TPSA) is 44.8 Å². The van der Waals surface area contributed by atoms with Gasteiger partial charge in [0, 0.05) is 15.8 Å². The van der Waals surface area contributed by atoms with E-state index in [2.05, 4.69) is 12.1 Å². The van der Waals surface area contributed by atoms with Crippen LogP contribution in [-0.4, -0.2) is 20.2 Å². The normalized spacial score (nSPS) is 29.7. The highest BCUT2D eigenvalue weighted by Crippen LogP contribution is 2.62. The minimum Gasteiger partial charge on any atom is -0.496 e. The maximum Gasteiger partial charge on any atom is 0.338 e. The second-order valence-corrected chi connectivity index (χ2v) is 10.1. The predicted octanol–water partition coefficient (Wildman–Crippen LogP) is 5.59. The van der Waals surface area contributed by atoms with Crippen LogP contribution in [0.1, 0.15) is 59.3 Å². The number of hydrogen-bond donors (Lipinski definition) is 0. The first-order chi connectivity index (χ1) is 14.1. The molecule has 0 spiro atoms. The van der Waals surface area contributed by atoms with Gasteiger partial charge < -0.3 is 14.2 Å². The summed E-state index contributed by atoms with van der Waals surface area (Å²) in [6.07, 6.45) is 8.18. The SMILES string of the molecule is COC(=O)c1csc(COc2ccc(OC)c(C34CC5CC(CC(C5)C3)C4)c2)c1. The van der Waals surface area contributed by atoms with Gasteiger partial charge in [-0.2, -0.15) is 0 Å². The molecule has 0 N–H and O–H groups in total. The average Bonchev–Trinajstić information content (AvgIpc) is 3.19. The molecule has 1 heterocycles. The molecular formula is C24H28O4S. The molecule has 1 aromatic heterocycles. The molecule has 0 saturated heterocycles. The number of esters is 1. The van der Waals surface area contributed by atoms with E-state index in [4.69, 9.17) is 14.2 Å². The fourth-order valence-corrected chi connectivity index (χ4v) is 7.23. The molecule has 154 valence electrons. The highest BCUT2D eigenvalue weighted by Gasteiger charge is 2.52. The Bertz CT molecular complexity index is 880. The highest BCUT2D eigenvalue weighted by molar-refractivity contribution is 7.10. The lowest BCUT2D eigenvalue weighted by Gasteiger charge is -2.57. The highest BCUT2D eigenvalue weighted by atomic mass is 32.1. The Morgan fingerprint density at radius 3 is 2.38 bits per heavy atom. The van der Waals surface area contributed by atoms with Gasteiger partial charge in [0.1, 0.15) is 18.1 Å². The van der Waals surface area contributed by atoms with Crippen LogP contribution in [0.5, 0.6) is 11.5 Å². The standard InChI is InChI=1S/C24H28O4S/c1-26-22-4-3-19(28-13-20-8-18(14-29-20)23(25)27-2)9-21(22)24-10-15-5-16(11-24)7-17(6-15)12-24/h3-4,8-9,14-17H,5-7,10-13H2,1-2H3. The van der Waals surface area contributed by atoms with Crippen molar-refractivity contribution in [2.75, 3.05) is 14.2 Å². The number of carbonyl (C=O) groups excluding carboxylic acids is 1. The number of thiophene rings is 1. The Balaban J connectivity index is 1.37. The zero-order valence-electron chi connectivity index (χ0n) is 17.1. The fourth-order valence-electron chi connectivity index (χ4n) is 6.47. The molecule has 29 heavy (non-hydrogen) atoms. The van der Waals surface area contributed by atoms with E-state index in [0.717, 1.165) is 34.1 Å². The summed E-state index contributed by atoms with van der Waals surface area (Å²) in [6, 6.07) is 8.13. The monoisotopic (exact) mass is 412 g/mol. The third-order valence-corrected chi connectivity index (χ3v) is 8.15. The Labute approximate surface area is 176 Å². The molecule has 0 amide bonds. The maximum absolute atomic E-state index is 11.7. The van der Waals surface area contributed by atoms with Crippen molar-refractivity contribution in [1.29, 1.82) is 0 Å². The van der Waals surface area contributed by atoms with E-state index in [-0.39, 0.29) is 11.4 Å². The summed E-state index contributed by atoms with van der Waals surface area (Å²) in [7, 11) is 3.18. The summed E-state index contributed by atoms with van der Waals surface area (Å²) >= 11 is 1.52. The lowest BCUT2D eigenvalue weighted by molar-refractivity contribution is -0.00627. The number of ether oxygens (including phenoxy) is 3. The second kappa shape index (κ2) is 7.35. The van der Waals surface area contributed by atoms with Crippen LogP contribution in [0.2, 0.25) is 0 Å². The van der Waals surface area contributed by atoms with Crippen molar-refractivity contribution in [3.05, 3.63) is 45.6 Å². The van der Waals surface area contributed by atoms with Gasteiger partial charge in [0.2, 0.25) is 0 Å². The van der Waals surface area contributed by atoms with Crippen LogP contribution in [0.4, 0.5) is 0 Å². The van der Waals surface area contributed by atoms with Gasteiger partial charge in [-0.15, -0.1) is 11.3 Å². The number of carbonyl (C=O) groups is 1. The van der Waals surface area contributed by atoms with Crippen molar-refractivity contribution in [2.45, 2.75) is 50.5 Å². The Morgan fingerprint density at radius 2 is 1.76 bits per heavy atom. The summed E-state index contributed by atoms with van der Waals surface area (Å²) in [5, 5.41) is 1.82. The van der Waals surface area contributed by atoms with Crippen LogP contribution in [0.3, 0.4) is 0 Å². The van der Waals surface area contributed by atoms with Gasteiger partial charge in [-0.3, -0.25) is 0 Å². The van der Waals surface area contributed by atoms with Crippen LogP contribution >= 0.6 is 11.3 Å². The van der Waals surface area contributed by atoms with Crippen LogP contribution in [0, 0.1) is 17.8 Å². The van der Waals surface area contributed by atoms with E-state index < -0.39 is 0 Å². The number of methoxy groups -OCH3 is 2. The summed E-state index contributed by atoms with van der Waals surface area (Å²) in [5.41, 5.74) is 2.19. The van der Waals surface area contributed by atoms with Gasteiger partial charge >= 0.3 is 5.97 Å². The summed E-state index contributed by atoms with van der Waals surface area (Å²) in [6.45, 7) is 0.453. The van der Waals surface area contributed by atoms with E-state index >= 15 is 0 Å². The van der Waals surface area contributed by atoms with Crippen molar-refractivity contribution < 1.29 is 19.0 Å². The molecule has 5 heteroatoms. The van der Waals surface area contributed by atoms with Crippen LogP contribution in [-0.2, 0) is 16.8 Å². The van der Waals surface area contributed by atoms with Crippen molar-refractivity contribution in [1.82, 2.24) is 0 Å². The zero-order chi connectivity index (χ0) is 20.0. The number of benzene rings is 1. The smallest absolute Gasteiger partial charge is 0.338 e. The first kappa shape index (κ1) is 19.0. The van der Waals surface area contributed by atoms with Crippen molar-refractivity contribution in [2.24, 2.45) is 17.8 Å². The first-order valence-electron chi connectivity index (χ1n) is 10.6. The lowest BCUT2D eigenvalue weighted by Crippen LogP contribution is -2.48. The molecule has 4 bridgehead atoms. The molecule has 1 aromatic carbocycles. The van der Waals surface area contributed by atoms with E-state index in [0.29, 0.717) is 12.2 Å². The predicted molar refractivity (Wildman–Crippen MR) is 113 cm³/mol. The lowest BCUT2D eigenvalue weighted by atomic mass is 9.48. The first-order valence-corrected chi connectivity index (χ1v) is 11.4. The van der Waals surface area contributed by atoms with E-state index in [1.165, 1.54) is 62.5 Å². The van der Waals surface area contributed by atoms with Crippen LogP contribution in [0.15, 0.2) is 29.6 Å². The summed E-state index contributed by atoms with van der Waals surface area (Å²) in [5.74, 6) is 4.24. The second-order valence-electron chi connectivity index (χ2n) is 9.14. The van der Waals surface area contributed by atoms with E-state index in [1.807, 2.05) is 17.5 Å². The van der Waals surface area contributed by atoms with Gasteiger partial charge in [-0.1, -0.05) is 0 Å². The van der Waals surface area contributed by atoms with Gasteiger partial charge in [0.15, 0.2) is 0 Å². The van der Waals surface area contributed by atoms with Crippen molar-refractivity contribution in [3.8, 4) is 11.5 Å². The molecule has 4 nitrogen and oxygen atoms in total. The van der Waals surface area contributed by atoms with Gasteiger partial charge in [-0.05, 0) is 86.0 Å². The fraction of sp³-hybridized carbons (Fsp3) is 0.542. The largest absolute Gasteiger partial charge is 0.496 e. The molecule has 4 aliphatic rings. The van der Waals surface area contributed by atoms with E-state index in [9.17, 15) is 4.79 Å². The minimum absolute atomic E-state index is 0.264. The molecule has 0 aliphatic heterocycles. The molecule has 6 rings (SSSR count). The van der Waals surface area contributed by atoms with Gasteiger partial charge in [0.05, 0.1) is 19.8 Å². The zero-order valence-corrected chi connectivity index (χ0v) is 17.9. The van der Waals surface area contributed by atoms with Crippen LogP contribution < -0.4 is 9.47 Å². The number of rotatable bonds is 6. The average molecular weight is 413 g/mol. The van der Waals surface area contributed by atoms with Crippen LogP contribution in [0.25, 0.3) is 0 Å². The van der Waals surface area contributed by atoms with Gasteiger partial charge in [-0.25, -0.2) is 4.79 Å². The molecule has 4 saturated carbocycles. The molecule has 4 fully saturated rings. The van der Waals surface area contributed by atoms with Crippen molar-refractivity contribution >= 4 is 17.3 Å². The molecule has 4 aliphatic carbocycles. The molecular weight excluding hydrogens is 384 g/mol. The summed E-state index contributed by atoms with van der Waals surface area (Å²) < 4.78 is 16.7. The molecule has 0 atom stereocenters. The Kier molecular flexibility index (Phi) is 4.81. The van der Waals surface area contributed by atoms with Crippen molar-refractivity contribution in [3.63, 3.8) is 0 Å². The Morgan fingerprint density at radius 1 is 1.07 bits per heavy atom. The van der Waals surface area contributed by atoms with E-state index in [1.54, 1.807) is 7.11 Å². The minimum atomic E-state index is -0.305. The third-order valence-electron chi connectivity index (χ3n) is 7.24.